The molecular formula is C15H13N5O2. The molecule has 110 valence electrons. The van der Waals surface area contributed by atoms with E-state index in [0.29, 0.717) is 5.69 Å². The van der Waals surface area contributed by atoms with Gasteiger partial charge in [-0.15, -0.1) is 0 Å². The number of nitrogens with zero attached hydrogens (tertiary/aromatic N) is 4. The number of rotatable bonds is 4. The van der Waals surface area contributed by atoms with Gasteiger partial charge in [-0.25, -0.2) is 4.98 Å². The van der Waals surface area contributed by atoms with Crippen molar-refractivity contribution in [3.05, 3.63) is 60.4 Å². The highest BCUT2D eigenvalue weighted by Crippen LogP contribution is 2.14. The van der Waals surface area contributed by atoms with Crippen molar-refractivity contribution in [2.24, 2.45) is 0 Å². The van der Waals surface area contributed by atoms with Crippen molar-refractivity contribution < 1.29 is 9.32 Å². The summed E-state index contributed by atoms with van der Waals surface area (Å²) in [6.45, 7) is 1.88. The van der Waals surface area contributed by atoms with Crippen molar-refractivity contribution in [2.45, 2.75) is 13.0 Å². The van der Waals surface area contributed by atoms with Crippen LogP contribution in [0.3, 0.4) is 0 Å². The van der Waals surface area contributed by atoms with Crippen LogP contribution >= 0.6 is 0 Å². The molecule has 1 aromatic carbocycles. The van der Waals surface area contributed by atoms with Gasteiger partial charge in [0.1, 0.15) is 5.69 Å². The second-order valence-electron chi connectivity index (χ2n) is 4.62. The fourth-order valence-electron chi connectivity index (χ4n) is 1.92. The molecule has 7 heteroatoms. The average Bonchev–Trinajstić information content (AvgIpc) is 3.06. The molecule has 0 aliphatic heterocycles. The number of carbonyl (C=O) groups excluding carboxylic acids is 1. The minimum Gasteiger partial charge on any atom is -0.341 e. The minimum absolute atomic E-state index is 0.108. The van der Waals surface area contributed by atoms with Gasteiger partial charge in [-0.1, -0.05) is 35.5 Å². The maximum atomic E-state index is 12.1. The van der Waals surface area contributed by atoms with Crippen LogP contribution in [0.5, 0.6) is 0 Å². The van der Waals surface area contributed by atoms with E-state index in [2.05, 4.69) is 25.4 Å². The van der Waals surface area contributed by atoms with Crippen LogP contribution in [0.25, 0.3) is 11.5 Å². The SMILES string of the molecule is C[C@@H](NC(=O)c1nc(-c2cnccn2)no1)c1ccccc1. The molecule has 2 heterocycles. The molecule has 0 spiro atoms. The highest BCUT2D eigenvalue weighted by molar-refractivity contribution is 5.90. The summed E-state index contributed by atoms with van der Waals surface area (Å²) < 4.78 is 4.98. The third-order valence-corrected chi connectivity index (χ3v) is 3.06. The van der Waals surface area contributed by atoms with E-state index >= 15 is 0 Å². The number of nitrogens with one attached hydrogen (secondary N) is 1. The third kappa shape index (κ3) is 2.98. The molecule has 0 saturated heterocycles. The Labute approximate surface area is 126 Å². The Balaban J connectivity index is 1.72. The van der Waals surface area contributed by atoms with Crippen LogP contribution in [0.4, 0.5) is 0 Å². The smallest absolute Gasteiger partial charge is 0.316 e. The van der Waals surface area contributed by atoms with E-state index in [-0.39, 0.29) is 17.8 Å². The van der Waals surface area contributed by atoms with E-state index in [1.54, 1.807) is 6.20 Å². The zero-order chi connectivity index (χ0) is 15.4. The van der Waals surface area contributed by atoms with Crippen molar-refractivity contribution >= 4 is 5.91 Å². The quantitative estimate of drug-likeness (QED) is 0.791. The monoisotopic (exact) mass is 295 g/mol. The molecular weight excluding hydrogens is 282 g/mol. The largest absolute Gasteiger partial charge is 0.341 e. The summed E-state index contributed by atoms with van der Waals surface area (Å²) in [5.74, 6) is -0.312. The van der Waals surface area contributed by atoms with E-state index in [9.17, 15) is 4.79 Å². The van der Waals surface area contributed by atoms with E-state index in [1.807, 2.05) is 37.3 Å². The number of hydrogen-bond donors (Lipinski definition) is 1. The van der Waals surface area contributed by atoms with E-state index in [1.165, 1.54) is 12.4 Å². The van der Waals surface area contributed by atoms with Crippen LogP contribution in [-0.2, 0) is 0 Å². The number of benzene rings is 1. The van der Waals surface area contributed by atoms with Gasteiger partial charge in [0.15, 0.2) is 0 Å². The summed E-state index contributed by atoms with van der Waals surface area (Å²) in [6, 6.07) is 9.45. The predicted molar refractivity (Wildman–Crippen MR) is 77.6 cm³/mol. The highest BCUT2D eigenvalue weighted by atomic mass is 16.5. The molecule has 1 amide bonds. The van der Waals surface area contributed by atoms with Crippen LogP contribution in [0, 0.1) is 0 Å². The van der Waals surface area contributed by atoms with Crippen LogP contribution in [0.15, 0.2) is 53.4 Å². The molecule has 0 bridgehead atoms. The maximum absolute atomic E-state index is 12.1. The second-order valence-corrected chi connectivity index (χ2v) is 4.62. The summed E-state index contributed by atoms with van der Waals surface area (Å²) in [5.41, 5.74) is 1.44. The lowest BCUT2D eigenvalue weighted by atomic mass is 10.1. The predicted octanol–water partition coefficient (Wildman–Crippen LogP) is 2.02. The molecule has 3 aromatic rings. The Kier molecular flexibility index (Phi) is 3.86. The van der Waals surface area contributed by atoms with Gasteiger partial charge in [-0.05, 0) is 12.5 Å². The van der Waals surface area contributed by atoms with E-state index in [0.717, 1.165) is 5.56 Å². The summed E-state index contributed by atoms with van der Waals surface area (Å²) in [6.07, 6.45) is 4.56. The van der Waals surface area contributed by atoms with Gasteiger partial charge >= 0.3 is 11.8 Å². The summed E-state index contributed by atoms with van der Waals surface area (Å²) >= 11 is 0. The first kappa shape index (κ1) is 13.9. The lowest BCUT2D eigenvalue weighted by molar-refractivity contribution is 0.0895. The van der Waals surface area contributed by atoms with Gasteiger partial charge in [0.25, 0.3) is 0 Å². The van der Waals surface area contributed by atoms with Crippen molar-refractivity contribution in [1.82, 2.24) is 25.4 Å². The molecule has 7 nitrogen and oxygen atoms in total. The van der Waals surface area contributed by atoms with E-state index in [4.69, 9.17) is 4.52 Å². The Morgan fingerprint density at radius 1 is 1.23 bits per heavy atom. The van der Waals surface area contributed by atoms with Crippen molar-refractivity contribution in [3.8, 4) is 11.5 Å². The van der Waals surface area contributed by atoms with Gasteiger partial charge in [-0.2, -0.15) is 4.98 Å². The molecule has 0 radical (unpaired) electrons. The number of aromatic nitrogens is 4. The number of amides is 1. The maximum Gasteiger partial charge on any atom is 0.316 e. The van der Waals surface area contributed by atoms with Gasteiger partial charge in [0.05, 0.1) is 12.2 Å². The zero-order valence-corrected chi connectivity index (χ0v) is 11.8. The Morgan fingerprint density at radius 3 is 2.77 bits per heavy atom. The van der Waals surface area contributed by atoms with Gasteiger partial charge < -0.3 is 9.84 Å². The Hall–Kier alpha value is -3.09. The molecule has 0 unspecified atom stereocenters. The van der Waals surface area contributed by atoms with Crippen LogP contribution in [0.1, 0.15) is 29.2 Å². The fourth-order valence-corrected chi connectivity index (χ4v) is 1.92. The van der Waals surface area contributed by atoms with E-state index < -0.39 is 5.91 Å². The first-order valence-corrected chi connectivity index (χ1v) is 6.70. The normalized spacial score (nSPS) is 11.9. The summed E-state index contributed by atoms with van der Waals surface area (Å²) in [5, 5.41) is 6.54. The van der Waals surface area contributed by atoms with Crippen molar-refractivity contribution in [3.63, 3.8) is 0 Å². The third-order valence-electron chi connectivity index (χ3n) is 3.06. The Morgan fingerprint density at radius 2 is 2.05 bits per heavy atom. The number of carbonyl (C=O) groups is 1. The first-order chi connectivity index (χ1) is 10.7. The number of hydrogen-bond acceptors (Lipinski definition) is 6. The van der Waals surface area contributed by atoms with Gasteiger partial charge in [0, 0.05) is 12.4 Å². The standard InChI is InChI=1S/C15H13N5O2/c1-10(11-5-3-2-4-6-11)18-14(21)15-19-13(20-22-15)12-9-16-7-8-17-12/h2-10H,1H3,(H,18,21)/t10-/m1/s1. The fraction of sp³-hybridized carbons (Fsp3) is 0.133. The molecule has 0 aliphatic rings. The second kappa shape index (κ2) is 6.13. The topological polar surface area (TPSA) is 93.8 Å². The molecule has 0 saturated carbocycles. The lowest BCUT2D eigenvalue weighted by Crippen LogP contribution is -2.26. The molecule has 2 aromatic heterocycles. The minimum atomic E-state index is -0.431. The van der Waals surface area contributed by atoms with Gasteiger partial charge in [0.2, 0.25) is 5.82 Å². The average molecular weight is 295 g/mol. The highest BCUT2D eigenvalue weighted by Gasteiger charge is 2.19. The lowest BCUT2D eigenvalue weighted by Gasteiger charge is -2.12. The summed E-state index contributed by atoms with van der Waals surface area (Å²) in [4.78, 5) is 24.1. The zero-order valence-electron chi connectivity index (χ0n) is 11.8. The molecule has 22 heavy (non-hydrogen) atoms. The molecule has 1 atom stereocenters. The molecule has 0 fully saturated rings. The molecule has 1 N–H and O–H groups in total. The van der Waals surface area contributed by atoms with Gasteiger partial charge in [-0.3, -0.25) is 9.78 Å². The first-order valence-electron chi connectivity index (χ1n) is 6.70. The van der Waals surface area contributed by atoms with Crippen molar-refractivity contribution in [2.75, 3.05) is 0 Å². The van der Waals surface area contributed by atoms with Crippen LogP contribution < -0.4 is 5.32 Å². The molecule has 0 aliphatic carbocycles. The molecule has 3 rings (SSSR count). The van der Waals surface area contributed by atoms with Crippen LogP contribution in [0.2, 0.25) is 0 Å². The van der Waals surface area contributed by atoms with Crippen LogP contribution in [-0.4, -0.2) is 26.0 Å². The van der Waals surface area contributed by atoms with Crippen molar-refractivity contribution in [1.29, 1.82) is 0 Å². The summed E-state index contributed by atoms with van der Waals surface area (Å²) in [7, 11) is 0. The Bertz CT molecular complexity index is 758.